The summed E-state index contributed by atoms with van der Waals surface area (Å²) >= 11 is 0. The molecule has 1 N–H and O–H groups in total. The summed E-state index contributed by atoms with van der Waals surface area (Å²) in [6, 6.07) is 7.92. The molecule has 0 saturated heterocycles. The number of fused-ring (bicyclic) bond motifs is 1. The Morgan fingerprint density at radius 2 is 1.93 bits per heavy atom. The van der Waals surface area contributed by atoms with Gasteiger partial charge < -0.3 is 14.8 Å². The number of hydrogen-bond acceptors (Lipinski definition) is 3. The standard InChI is InChI=1S/C21H32N4O2/c1-4-6-15-24(3)21(27)16-25-18-12-8-7-11-17(18)23-19(25)13-9-14-22-20(26)10-5-2/h7-8,11-12H,4-6,9-10,13-16H2,1-3H3,(H,22,26). The van der Waals surface area contributed by atoms with E-state index in [1.807, 2.05) is 42.8 Å². The minimum Gasteiger partial charge on any atom is -0.356 e. The number of rotatable bonds is 11. The topological polar surface area (TPSA) is 67.2 Å². The molecule has 2 rings (SSSR count). The number of aryl methyl sites for hydroxylation is 1. The number of para-hydroxylation sites is 2. The van der Waals surface area contributed by atoms with E-state index in [4.69, 9.17) is 4.98 Å². The first-order valence-electron chi connectivity index (χ1n) is 10.0. The second kappa shape index (κ2) is 10.7. The first kappa shape index (κ1) is 20.9. The summed E-state index contributed by atoms with van der Waals surface area (Å²) in [5.41, 5.74) is 1.89. The number of likely N-dealkylation sites (N-methyl/N-ethyl adjacent to an activating group) is 1. The minimum absolute atomic E-state index is 0.0960. The Balaban J connectivity index is 2.06. The van der Waals surface area contributed by atoms with Gasteiger partial charge in [-0.3, -0.25) is 9.59 Å². The Kier molecular flexibility index (Phi) is 8.30. The highest BCUT2D eigenvalue weighted by Gasteiger charge is 2.15. The maximum absolute atomic E-state index is 12.6. The van der Waals surface area contributed by atoms with Crippen LogP contribution in [0.1, 0.15) is 51.8 Å². The molecule has 0 aliphatic rings. The molecule has 1 aromatic heterocycles. The van der Waals surface area contributed by atoms with Gasteiger partial charge in [-0.2, -0.15) is 0 Å². The molecule has 2 amide bonds. The van der Waals surface area contributed by atoms with Crippen LogP contribution in [0, 0.1) is 0 Å². The fourth-order valence-corrected chi connectivity index (χ4v) is 3.06. The number of carbonyl (C=O) groups is 2. The summed E-state index contributed by atoms with van der Waals surface area (Å²) in [4.78, 5) is 30.7. The van der Waals surface area contributed by atoms with Crippen LogP contribution in [0.4, 0.5) is 0 Å². The molecule has 0 bridgehead atoms. The van der Waals surface area contributed by atoms with Crippen molar-refractivity contribution in [2.24, 2.45) is 0 Å². The summed E-state index contributed by atoms with van der Waals surface area (Å²) < 4.78 is 2.02. The third-order valence-corrected chi connectivity index (χ3v) is 4.68. The molecule has 148 valence electrons. The number of benzene rings is 1. The van der Waals surface area contributed by atoms with Crippen LogP contribution in [-0.4, -0.2) is 46.4 Å². The van der Waals surface area contributed by atoms with Crippen molar-refractivity contribution < 1.29 is 9.59 Å². The van der Waals surface area contributed by atoms with Gasteiger partial charge in [-0.15, -0.1) is 0 Å². The predicted octanol–water partition coefficient (Wildman–Crippen LogP) is 3.14. The molecular formula is C21H32N4O2. The van der Waals surface area contributed by atoms with E-state index in [-0.39, 0.29) is 11.8 Å². The lowest BCUT2D eigenvalue weighted by Gasteiger charge is -2.18. The van der Waals surface area contributed by atoms with Crippen LogP contribution in [-0.2, 0) is 22.6 Å². The minimum atomic E-state index is 0.0960. The molecule has 6 nitrogen and oxygen atoms in total. The summed E-state index contributed by atoms with van der Waals surface area (Å²) in [5.74, 6) is 1.10. The molecule has 0 atom stereocenters. The molecule has 1 aromatic carbocycles. The molecule has 1 heterocycles. The molecular weight excluding hydrogens is 340 g/mol. The Morgan fingerprint density at radius 1 is 1.15 bits per heavy atom. The van der Waals surface area contributed by atoms with Crippen LogP contribution >= 0.6 is 0 Å². The molecule has 0 radical (unpaired) electrons. The second-order valence-corrected chi connectivity index (χ2v) is 6.98. The summed E-state index contributed by atoms with van der Waals surface area (Å²) in [6.07, 6.45) is 5.04. The highest BCUT2D eigenvalue weighted by molar-refractivity contribution is 5.81. The van der Waals surface area contributed by atoms with Crippen LogP contribution < -0.4 is 5.32 Å². The van der Waals surface area contributed by atoms with Crippen LogP contribution in [0.2, 0.25) is 0 Å². The first-order valence-corrected chi connectivity index (χ1v) is 10.0. The third-order valence-electron chi connectivity index (χ3n) is 4.68. The monoisotopic (exact) mass is 372 g/mol. The van der Waals surface area contributed by atoms with Gasteiger partial charge in [-0.05, 0) is 31.4 Å². The van der Waals surface area contributed by atoms with Gasteiger partial charge in [0, 0.05) is 33.0 Å². The van der Waals surface area contributed by atoms with Crippen molar-refractivity contribution in [3.05, 3.63) is 30.1 Å². The summed E-state index contributed by atoms with van der Waals surface area (Å²) in [6.45, 7) is 5.83. The number of nitrogens with one attached hydrogen (secondary N) is 1. The van der Waals surface area contributed by atoms with E-state index in [9.17, 15) is 9.59 Å². The number of unbranched alkanes of at least 4 members (excludes halogenated alkanes) is 1. The van der Waals surface area contributed by atoms with Crippen molar-refractivity contribution in [1.82, 2.24) is 19.8 Å². The maximum atomic E-state index is 12.6. The summed E-state index contributed by atoms with van der Waals surface area (Å²) in [5, 5.41) is 2.94. The van der Waals surface area contributed by atoms with Crippen LogP contribution in [0.3, 0.4) is 0 Å². The number of aromatic nitrogens is 2. The Bertz CT molecular complexity index is 754. The van der Waals surface area contributed by atoms with Crippen molar-refractivity contribution >= 4 is 22.8 Å². The van der Waals surface area contributed by atoms with E-state index in [0.717, 1.165) is 55.5 Å². The zero-order chi connectivity index (χ0) is 19.6. The van der Waals surface area contributed by atoms with Gasteiger partial charge in [0.2, 0.25) is 11.8 Å². The van der Waals surface area contributed by atoms with E-state index >= 15 is 0 Å². The lowest BCUT2D eigenvalue weighted by atomic mass is 10.2. The van der Waals surface area contributed by atoms with Gasteiger partial charge in [0.25, 0.3) is 0 Å². The van der Waals surface area contributed by atoms with Crippen molar-refractivity contribution in [2.75, 3.05) is 20.1 Å². The van der Waals surface area contributed by atoms with E-state index in [1.54, 1.807) is 4.90 Å². The fraction of sp³-hybridized carbons (Fsp3) is 0.571. The average molecular weight is 373 g/mol. The van der Waals surface area contributed by atoms with Gasteiger partial charge in [-0.25, -0.2) is 4.98 Å². The first-order chi connectivity index (χ1) is 13.1. The van der Waals surface area contributed by atoms with Gasteiger partial charge >= 0.3 is 0 Å². The van der Waals surface area contributed by atoms with Gasteiger partial charge in [0.15, 0.2) is 0 Å². The molecule has 0 spiro atoms. The SMILES string of the molecule is CCCCN(C)C(=O)Cn1c(CCCNC(=O)CCC)nc2ccccc21. The molecule has 0 aliphatic carbocycles. The zero-order valence-corrected chi connectivity index (χ0v) is 16.8. The molecule has 2 aromatic rings. The molecule has 0 fully saturated rings. The number of amides is 2. The molecule has 0 saturated carbocycles. The zero-order valence-electron chi connectivity index (χ0n) is 16.8. The number of imidazole rings is 1. The molecule has 0 aliphatic heterocycles. The van der Waals surface area contributed by atoms with E-state index in [2.05, 4.69) is 12.2 Å². The van der Waals surface area contributed by atoms with E-state index in [0.29, 0.717) is 19.5 Å². The highest BCUT2D eigenvalue weighted by Crippen LogP contribution is 2.17. The van der Waals surface area contributed by atoms with Crippen molar-refractivity contribution in [3.8, 4) is 0 Å². The van der Waals surface area contributed by atoms with Gasteiger partial charge in [0.1, 0.15) is 12.4 Å². The van der Waals surface area contributed by atoms with Gasteiger partial charge in [0.05, 0.1) is 11.0 Å². The van der Waals surface area contributed by atoms with Crippen molar-refractivity contribution in [1.29, 1.82) is 0 Å². The number of hydrogen-bond donors (Lipinski definition) is 1. The maximum Gasteiger partial charge on any atom is 0.242 e. The van der Waals surface area contributed by atoms with Crippen LogP contribution in [0.5, 0.6) is 0 Å². The highest BCUT2D eigenvalue weighted by atomic mass is 16.2. The third kappa shape index (κ3) is 6.08. The van der Waals surface area contributed by atoms with Crippen LogP contribution in [0.25, 0.3) is 11.0 Å². The number of nitrogens with zero attached hydrogens (tertiary/aromatic N) is 3. The normalized spacial score (nSPS) is 10.9. The quantitative estimate of drug-likeness (QED) is 0.616. The van der Waals surface area contributed by atoms with E-state index in [1.165, 1.54) is 0 Å². The van der Waals surface area contributed by atoms with Crippen LogP contribution in [0.15, 0.2) is 24.3 Å². The Hall–Kier alpha value is -2.37. The average Bonchev–Trinajstić information content (AvgIpc) is 3.01. The lowest BCUT2D eigenvalue weighted by Crippen LogP contribution is -2.31. The smallest absolute Gasteiger partial charge is 0.242 e. The van der Waals surface area contributed by atoms with E-state index < -0.39 is 0 Å². The molecule has 6 heteroatoms. The number of carbonyl (C=O) groups excluding carboxylic acids is 2. The Labute approximate surface area is 161 Å². The lowest BCUT2D eigenvalue weighted by molar-refractivity contribution is -0.130. The molecule has 0 unspecified atom stereocenters. The predicted molar refractivity (Wildman–Crippen MR) is 109 cm³/mol. The molecule has 27 heavy (non-hydrogen) atoms. The van der Waals surface area contributed by atoms with Gasteiger partial charge in [-0.1, -0.05) is 32.4 Å². The summed E-state index contributed by atoms with van der Waals surface area (Å²) in [7, 11) is 1.86. The van der Waals surface area contributed by atoms with Crippen molar-refractivity contribution in [2.45, 2.75) is 58.9 Å². The largest absolute Gasteiger partial charge is 0.356 e. The second-order valence-electron chi connectivity index (χ2n) is 6.98. The van der Waals surface area contributed by atoms with Crippen molar-refractivity contribution in [3.63, 3.8) is 0 Å². The fourth-order valence-electron chi connectivity index (χ4n) is 3.06. The Morgan fingerprint density at radius 3 is 2.67 bits per heavy atom.